The summed E-state index contributed by atoms with van der Waals surface area (Å²) >= 11 is 0. The van der Waals surface area contributed by atoms with Gasteiger partial charge in [-0.15, -0.1) is 0 Å². The van der Waals surface area contributed by atoms with Crippen molar-refractivity contribution in [3.8, 4) is 5.75 Å². The number of carbonyl (C=O) groups is 2. The Kier molecular flexibility index (Phi) is 13.0. The predicted molar refractivity (Wildman–Crippen MR) is 216 cm³/mol. The van der Waals surface area contributed by atoms with Crippen molar-refractivity contribution in [1.29, 1.82) is 5.41 Å². The van der Waals surface area contributed by atoms with Gasteiger partial charge in [0.15, 0.2) is 12.4 Å². The van der Waals surface area contributed by atoms with Crippen molar-refractivity contribution < 1.29 is 37.0 Å². The second kappa shape index (κ2) is 17.5. The van der Waals surface area contributed by atoms with Gasteiger partial charge in [-0.25, -0.2) is 8.78 Å². The molecule has 0 bridgehead atoms. The highest BCUT2D eigenvalue weighted by molar-refractivity contribution is 6.27. The van der Waals surface area contributed by atoms with Crippen molar-refractivity contribution in [2.75, 3.05) is 6.61 Å². The zero-order valence-corrected chi connectivity index (χ0v) is 32.6. The van der Waals surface area contributed by atoms with Gasteiger partial charge in [0, 0.05) is 57.4 Å². The van der Waals surface area contributed by atoms with Crippen LogP contribution in [0.1, 0.15) is 90.2 Å². The van der Waals surface area contributed by atoms with Gasteiger partial charge in [0.05, 0.1) is 11.2 Å². The average Bonchev–Trinajstić information content (AvgIpc) is 3.46. The number of halogens is 4. The quantitative estimate of drug-likeness (QED) is 0.0656. The van der Waals surface area contributed by atoms with Crippen molar-refractivity contribution in [3.63, 3.8) is 0 Å². The number of hydrogen-bond donors (Lipinski definition) is 2. The Morgan fingerprint density at radius 2 is 1.46 bits per heavy atom. The molecule has 0 fully saturated rings. The number of carbonyl (C=O) groups excluding carboxylic acids is 1. The van der Waals surface area contributed by atoms with Crippen LogP contribution in [0.15, 0.2) is 84.9 Å². The minimum absolute atomic E-state index is 0.00358. The molecule has 1 heterocycles. The molecule has 5 aromatic carbocycles. The fourth-order valence-corrected chi connectivity index (χ4v) is 7.54. The lowest BCUT2D eigenvalue weighted by Gasteiger charge is -2.19. The number of benzene rings is 5. The van der Waals surface area contributed by atoms with Crippen molar-refractivity contribution in [2.24, 2.45) is 5.92 Å². The van der Waals surface area contributed by atoms with E-state index in [1.165, 1.54) is 6.07 Å². The van der Waals surface area contributed by atoms with Crippen molar-refractivity contribution >= 4 is 50.0 Å². The number of carboxylic acid groups (broad SMARTS) is 1. The highest BCUT2D eigenvalue weighted by Gasteiger charge is 2.42. The Morgan fingerprint density at radius 3 is 2.09 bits per heavy atom. The molecule has 6 aromatic rings. The second-order valence-corrected chi connectivity index (χ2v) is 14.5. The van der Waals surface area contributed by atoms with E-state index in [2.05, 4.69) is 24.5 Å². The summed E-state index contributed by atoms with van der Waals surface area (Å²) in [6.07, 6.45) is 0.438. The molecule has 56 heavy (non-hydrogen) atoms. The first kappa shape index (κ1) is 41.6. The van der Waals surface area contributed by atoms with Gasteiger partial charge >= 0.3 is 12.3 Å². The van der Waals surface area contributed by atoms with Gasteiger partial charge in [-0.3, -0.25) is 15.0 Å². The minimum Gasteiger partial charge on any atom is -0.486 e. The number of fused-ring (bicyclic) bond motifs is 5. The summed E-state index contributed by atoms with van der Waals surface area (Å²) in [5, 5.41) is 20.1. The van der Waals surface area contributed by atoms with Crippen LogP contribution in [0.3, 0.4) is 0 Å². The first-order valence-electron chi connectivity index (χ1n) is 18.9. The summed E-state index contributed by atoms with van der Waals surface area (Å²) in [7, 11) is 0. The van der Waals surface area contributed by atoms with Crippen LogP contribution in [0.4, 0.5) is 17.6 Å². The molecule has 6 rings (SSSR count). The number of unbranched alkanes of at least 4 members (excludes halogenated alkanes) is 1. The van der Waals surface area contributed by atoms with Crippen LogP contribution in [0, 0.1) is 32.1 Å². The van der Waals surface area contributed by atoms with Gasteiger partial charge in [-0.1, -0.05) is 93.3 Å². The molecule has 0 aliphatic carbocycles. The smallest absolute Gasteiger partial charge is 0.340 e. The zero-order valence-electron chi connectivity index (χ0n) is 32.6. The molecule has 1 aromatic heterocycles. The highest BCUT2D eigenvalue weighted by atomic mass is 19.3. The number of carboxylic acids is 1. The molecule has 0 aliphatic heterocycles. The maximum absolute atomic E-state index is 14.6. The van der Waals surface area contributed by atoms with E-state index >= 15 is 0 Å². The van der Waals surface area contributed by atoms with Gasteiger partial charge in [0.1, 0.15) is 5.75 Å². The van der Waals surface area contributed by atoms with Gasteiger partial charge < -0.3 is 14.4 Å². The molecule has 0 spiro atoms. The second-order valence-electron chi connectivity index (χ2n) is 14.5. The number of aryl methyl sites for hydroxylation is 3. The Labute approximate surface area is 324 Å². The Bertz CT molecular complexity index is 2390. The van der Waals surface area contributed by atoms with Crippen LogP contribution in [0.25, 0.3) is 32.6 Å². The van der Waals surface area contributed by atoms with E-state index in [0.717, 1.165) is 88.4 Å². The molecular weight excluding hydrogens is 721 g/mol. The minimum atomic E-state index is -4.34. The topological polar surface area (TPSA) is 92.4 Å². The summed E-state index contributed by atoms with van der Waals surface area (Å²) in [6.45, 7) is 10.7. The van der Waals surface area contributed by atoms with Crippen LogP contribution < -0.4 is 4.74 Å². The van der Waals surface area contributed by atoms with Crippen LogP contribution >= 0.6 is 0 Å². The van der Waals surface area contributed by atoms with Crippen molar-refractivity contribution in [3.05, 3.63) is 124 Å². The SMILES string of the molecule is CC(=O)O.CCCCC(CC)Cn1c2ccc(C(=N)c3ccccc3OCC(F)(F)C(F)F)cc2c2cc(C(=O)c3c(C)cc(C)cc3C)c3ccccc3c21. The van der Waals surface area contributed by atoms with Crippen LogP contribution in [0.5, 0.6) is 5.75 Å². The van der Waals surface area contributed by atoms with Crippen LogP contribution in [-0.4, -0.2) is 46.1 Å². The maximum Gasteiger partial charge on any atom is 0.340 e. The van der Waals surface area contributed by atoms with Crippen LogP contribution in [-0.2, 0) is 11.3 Å². The third-order valence-corrected chi connectivity index (χ3v) is 10.2. The number of ether oxygens (including phenoxy) is 1. The zero-order chi connectivity index (χ0) is 40.9. The molecule has 1 unspecified atom stereocenters. The lowest BCUT2D eigenvalue weighted by atomic mass is 9.89. The molecule has 1 atom stereocenters. The standard InChI is InChI=1S/C44H44F4N2O2.C2H4O2/c1-6-8-13-29(7-2)24-50-37-19-18-30(40(49)33-16-11-12-17-38(33)52-25-44(47,48)43(45)46)22-34(37)35-23-36(31-14-9-10-15-32(31)41(35)50)42(51)39-27(4)20-26(3)21-28(39)5;1-2(3)4/h9-12,14-23,29,43,49H,6-8,13,24-25H2,1-5H3;1H3,(H,3,4). The number of hydrogen-bond acceptors (Lipinski definition) is 4. The van der Waals surface area contributed by atoms with Gasteiger partial charge in [-0.2, -0.15) is 8.78 Å². The maximum atomic E-state index is 14.6. The summed E-state index contributed by atoms with van der Waals surface area (Å²) in [5.74, 6) is -4.89. The van der Waals surface area contributed by atoms with E-state index in [4.69, 9.17) is 14.6 Å². The average molecular weight is 769 g/mol. The molecule has 0 saturated heterocycles. The number of nitrogens with one attached hydrogen (secondary N) is 1. The number of para-hydroxylation sites is 1. The Balaban J connectivity index is 0.00000143. The third-order valence-electron chi connectivity index (χ3n) is 10.2. The molecule has 6 nitrogen and oxygen atoms in total. The Hall–Kier alpha value is -5.51. The van der Waals surface area contributed by atoms with E-state index in [1.54, 1.807) is 18.2 Å². The molecule has 0 aliphatic rings. The number of aliphatic carboxylic acids is 1. The van der Waals surface area contributed by atoms with Gasteiger partial charge in [0.25, 0.3) is 5.97 Å². The predicted octanol–water partition coefficient (Wildman–Crippen LogP) is 12.1. The lowest BCUT2D eigenvalue weighted by Crippen LogP contribution is -2.34. The molecule has 0 amide bonds. The molecule has 10 heteroatoms. The normalized spacial score (nSPS) is 12.2. The lowest BCUT2D eigenvalue weighted by molar-refractivity contribution is -0.148. The summed E-state index contributed by atoms with van der Waals surface area (Å²) in [5.41, 5.74) is 6.86. The van der Waals surface area contributed by atoms with E-state index in [9.17, 15) is 27.8 Å². The number of alkyl halides is 4. The van der Waals surface area contributed by atoms with Crippen molar-refractivity contribution in [2.45, 2.75) is 86.1 Å². The molecule has 294 valence electrons. The highest BCUT2D eigenvalue weighted by Crippen LogP contribution is 2.39. The fraction of sp³-hybridized carbons (Fsp3) is 0.326. The fourth-order valence-electron chi connectivity index (χ4n) is 7.54. The van der Waals surface area contributed by atoms with Gasteiger partial charge in [0.2, 0.25) is 0 Å². The number of rotatable bonds is 14. The third kappa shape index (κ3) is 8.80. The first-order valence-corrected chi connectivity index (χ1v) is 18.9. The van der Waals surface area contributed by atoms with E-state index in [0.29, 0.717) is 22.6 Å². The Morgan fingerprint density at radius 1 is 0.839 bits per heavy atom. The molecular formula is C46H48F4N2O4. The van der Waals surface area contributed by atoms with E-state index in [-0.39, 0.29) is 22.8 Å². The van der Waals surface area contributed by atoms with Crippen molar-refractivity contribution in [1.82, 2.24) is 4.57 Å². The largest absolute Gasteiger partial charge is 0.486 e. The number of nitrogens with zero attached hydrogens (tertiary/aromatic N) is 1. The summed E-state index contributed by atoms with van der Waals surface area (Å²) in [6, 6.07) is 25.9. The molecule has 0 saturated carbocycles. The van der Waals surface area contributed by atoms with Crippen LogP contribution in [0.2, 0.25) is 0 Å². The van der Waals surface area contributed by atoms with E-state index in [1.807, 2.05) is 75.4 Å². The summed E-state index contributed by atoms with van der Waals surface area (Å²) in [4.78, 5) is 23.6. The molecule has 0 radical (unpaired) electrons. The number of aromatic nitrogens is 1. The van der Waals surface area contributed by atoms with E-state index < -0.39 is 24.9 Å². The monoisotopic (exact) mass is 768 g/mol. The summed E-state index contributed by atoms with van der Waals surface area (Å²) < 4.78 is 61.0. The van der Waals surface area contributed by atoms with Gasteiger partial charge in [-0.05, 0) is 80.0 Å². The molecule has 2 N–H and O–H groups in total. The number of ketones is 1. The first-order chi connectivity index (χ1) is 26.6.